The van der Waals surface area contributed by atoms with E-state index in [1.54, 1.807) is 7.11 Å². The van der Waals surface area contributed by atoms with Crippen molar-refractivity contribution in [3.05, 3.63) is 57.6 Å². The van der Waals surface area contributed by atoms with Crippen molar-refractivity contribution in [1.29, 1.82) is 0 Å². The second-order valence-corrected chi connectivity index (χ2v) is 5.76. The van der Waals surface area contributed by atoms with Gasteiger partial charge in [-0.3, -0.25) is 0 Å². The van der Waals surface area contributed by atoms with E-state index in [4.69, 9.17) is 15.2 Å². The maximum atomic E-state index is 5.90. The summed E-state index contributed by atoms with van der Waals surface area (Å²) in [5.41, 5.74) is 8.99. The Bertz CT molecular complexity index is 614. The highest BCUT2D eigenvalue weighted by atomic mass is 79.9. The predicted molar refractivity (Wildman–Crippen MR) is 89.0 cm³/mol. The number of halogens is 1. The molecular weight excluding hydrogens is 330 g/mol. The van der Waals surface area contributed by atoms with Crippen molar-refractivity contribution in [3.63, 3.8) is 0 Å². The third-order valence-corrected chi connectivity index (χ3v) is 3.87. The fraction of sp³-hybridized carbons (Fsp3) is 0.294. The van der Waals surface area contributed by atoms with Gasteiger partial charge in [0.2, 0.25) is 0 Å². The van der Waals surface area contributed by atoms with E-state index in [9.17, 15) is 0 Å². The summed E-state index contributed by atoms with van der Waals surface area (Å²) >= 11 is 3.54. The lowest BCUT2D eigenvalue weighted by molar-refractivity contribution is 0.295. The molecule has 0 unspecified atom stereocenters. The van der Waals surface area contributed by atoms with Crippen LogP contribution in [0.15, 0.2) is 40.9 Å². The molecule has 0 saturated heterocycles. The average molecular weight is 350 g/mol. The van der Waals surface area contributed by atoms with Crippen molar-refractivity contribution in [3.8, 4) is 11.5 Å². The Labute approximate surface area is 134 Å². The maximum Gasteiger partial charge on any atom is 0.134 e. The van der Waals surface area contributed by atoms with Gasteiger partial charge in [0.15, 0.2) is 0 Å². The van der Waals surface area contributed by atoms with Crippen LogP contribution < -0.4 is 15.2 Å². The first-order chi connectivity index (χ1) is 10.1. The van der Waals surface area contributed by atoms with Crippen molar-refractivity contribution in [2.75, 3.05) is 13.7 Å². The van der Waals surface area contributed by atoms with Crippen LogP contribution in [0.3, 0.4) is 0 Å². The minimum atomic E-state index is 0.472. The van der Waals surface area contributed by atoms with Crippen LogP contribution in [0.5, 0.6) is 11.5 Å². The van der Waals surface area contributed by atoms with Crippen LogP contribution in [0.4, 0.5) is 0 Å². The van der Waals surface area contributed by atoms with Crippen molar-refractivity contribution >= 4 is 15.9 Å². The Morgan fingerprint density at radius 3 is 2.52 bits per heavy atom. The summed E-state index contributed by atoms with van der Waals surface area (Å²) in [6, 6.07) is 12.1. The van der Waals surface area contributed by atoms with Gasteiger partial charge in [-0.05, 0) is 65.6 Å². The van der Waals surface area contributed by atoms with E-state index in [-0.39, 0.29) is 0 Å². The highest BCUT2D eigenvalue weighted by Gasteiger charge is 2.07. The molecule has 21 heavy (non-hydrogen) atoms. The zero-order valence-corrected chi connectivity index (χ0v) is 13.9. The van der Waals surface area contributed by atoms with E-state index in [0.29, 0.717) is 13.2 Å². The molecule has 2 rings (SSSR count). The van der Waals surface area contributed by atoms with Gasteiger partial charge in [-0.15, -0.1) is 0 Å². The van der Waals surface area contributed by atoms with Crippen molar-refractivity contribution < 1.29 is 9.47 Å². The number of benzene rings is 2. The summed E-state index contributed by atoms with van der Waals surface area (Å²) in [5, 5.41) is 0. The molecule has 0 aliphatic carbocycles. The molecule has 0 fully saturated rings. The van der Waals surface area contributed by atoms with Gasteiger partial charge in [0.1, 0.15) is 18.1 Å². The number of rotatable bonds is 6. The number of aryl methyl sites for hydroxylation is 1. The number of ether oxygens (including phenoxy) is 2. The van der Waals surface area contributed by atoms with E-state index in [0.717, 1.165) is 28.0 Å². The third-order valence-electron chi connectivity index (χ3n) is 3.25. The first-order valence-electron chi connectivity index (χ1n) is 6.89. The molecule has 0 aliphatic rings. The molecule has 3 nitrogen and oxygen atoms in total. The molecule has 0 heterocycles. The van der Waals surface area contributed by atoms with Crippen molar-refractivity contribution in [2.24, 2.45) is 5.73 Å². The lowest BCUT2D eigenvalue weighted by Crippen LogP contribution is -2.03. The van der Waals surface area contributed by atoms with Crippen molar-refractivity contribution in [2.45, 2.75) is 20.0 Å². The highest BCUT2D eigenvalue weighted by molar-refractivity contribution is 9.10. The monoisotopic (exact) mass is 349 g/mol. The molecule has 0 saturated carbocycles. The van der Waals surface area contributed by atoms with E-state index >= 15 is 0 Å². The summed E-state index contributed by atoms with van der Waals surface area (Å²) in [6.45, 7) is 3.17. The number of hydrogen-bond donors (Lipinski definition) is 1. The average Bonchev–Trinajstić information content (AvgIpc) is 2.47. The molecule has 0 amide bonds. The van der Waals surface area contributed by atoms with Crippen LogP contribution in [0.25, 0.3) is 0 Å². The quantitative estimate of drug-likeness (QED) is 0.861. The zero-order chi connectivity index (χ0) is 15.2. The van der Waals surface area contributed by atoms with Gasteiger partial charge >= 0.3 is 0 Å². The first-order valence-corrected chi connectivity index (χ1v) is 7.68. The molecule has 0 aliphatic heterocycles. The lowest BCUT2D eigenvalue weighted by Gasteiger charge is -2.13. The summed E-state index contributed by atoms with van der Waals surface area (Å²) in [7, 11) is 1.67. The number of hydrogen-bond acceptors (Lipinski definition) is 3. The lowest BCUT2D eigenvalue weighted by atomic mass is 10.1. The molecule has 0 spiro atoms. The smallest absolute Gasteiger partial charge is 0.134 e. The molecule has 2 aromatic rings. The Morgan fingerprint density at radius 2 is 1.86 bits per heavy atom. The molecule has 0 aromatic heterocycles. The molecule has 0 atom stereocenters. The van der Waals surface area contributed by atoms with Crippen LogP contribution in [0.2, 0.25) is 0 Å². The van der Waals surface area contributed by atoms with Gasteiger partial charge in [-0.25, -0.2) is 0 Å². The zero-order valence-electron chi connectivity index (χ0n) is 12.4. The maximum absolute atomic E-state index is 5.90. The van der Waals surface area contributed by atoms with Crippen LogP contribution in [-0.2, 0) is 13.0 Å². The molecule has 4 heteroatoms. The Hall–Kier alpha value is -1.52. The fourth-order valence-electron chi connectivity index (χ4n) is 2.16. The predicted octanol–water partition coefficient (Wildman–Crippen LogP) is 3.85. The van der Waals surface area contributed by atoms with Gasteiger partial charge in [0, 0.05) is 5.56 Å². The topological polar surface area (TPSA) is 44.5 Å². The minimum Gasteiger partial charge on any atom is -0.496 e. The Balaban J connectivity index is 2.11. The standard InChI is InChI=1S/C17H20BrNO2/c1-12-3-5-16(20-2)14(9-12)11-21-17-6-4-13(7-8-19)10-15(17)18/h3-6,9-10H,7-8,11,19H2,1-2H3. The van der Waals surface area contributed by atoms with Gasteiger partial charge < -0.3 is 15.2 Å². The minimum absolute atomic E-state index is 0.472. The van der Waals surface area contributed by atoms with Gasteiger partial charge in [0.05, 0.1) is 11.6 Å². The van der Waals surface area contributed by atoms with Gasteiger partial charge in [0.25, 0.3) is 0 Å². The second kappa shape index (κ2) is 7.48. The Morgan fingerprint density at radius 1 is 1.10 bits per heavy atom. The number of nitrogens with two attached hydrogens (primary N) is 1. The number of methoxy groups -OCH3 is 1. The van der Waals surface area contributed by atoms with Crippen LogP contribution in [0.1, 0.15) is 16.7 Å². The summed E-state index contributed by atoms with van der Waals surface area (Å²) < 4.78 is 12.2. The SMILES string of the molecule is COc1ccc(C)cc1COc1ccc(CCN)cc1Br. The first kappa shape index (κ1) is 15.9. The van der Waals surface area contributed by atoms with E-state index in [1.807, 2.05) is 24.3 Å². The molecule has 0 radical (unpaired) electrons. The molecule has 112 valence electrons. The summed E-state index contributed by atoms with van der Waals surface area (Å²) in [6.07, 6.45) is 0.866. The fourth-order valence-corrected chi connectivity index (χ4v) is 2.70. The van der Waals surface area contributed by atoms with E-state index in [2.05, 4.69) is 35.0 Å². The molecule has 2 N–H and O–H groups in total. The summed E-state index contributed by atoms with van der Waals surface area (Å²) in [5.74, 6) is 1.66. The van der Waals surface area contributed by atoms with E-state index < -0.39 is 0 Å². The highest BCUT2D eigenvalue weighted by Crippen LogP contribution is 2.28. The summed E-state index contributed by atoms with van der Waals surface area (Å²) in [4.78, 5) is 0. The van der Waals surface area contributed by atoms with Crippen LogP contribution in [0, 0.1) is 6.92 Å². The van der Waals surface area contributed by atoms with Gasteiger partial charge in [-0.1, -0.05) is 17.7 Å². The van der Waals surface area contributed by atoms with E-state index in [1.165, 1.54) is 11.1 Å². The van der Waals surface area contributed by atoms with Crippen LogP contribution >= 0.6 is 15.9 Å². The normalized spacial score (nSPS) is 10.5. The van der Waals surface area contributed by atoms with Gasteiger partial charge in [-0.2, -0.15) is 0 Å². The third kappa shape index (κ3) is 4.22. The second-order valence-electron chi connectivity index (χ2n) is 4.91. The molecule has 2 aromatic carbocycles. The van der Waals surface area contributed by atoms with Crippen molar-refractivity contribution in [1.82, 2.24) is 0 Å². The molecule has 0 bridgehead atoms. The molecular formula is C17H20BrNO2. The largest absolute Gasteiger partial charge is 0.496 e. The Kier molecular flexibility index (Phi) is 5.65. The van der Waals surface area contributed by atoms with Crippen LogP contribution in [-0.4, -0.2) is 13.7 Å².